The molecule has 90 valence electrons. The summed E-state index contributed by atoms with van der Waals surface area (Å²) in [6.45, 7) is 4.04. The number of rotatable bonds is 0. The molecule has 2 atom stereocenters. The zero-order valence-electron chi connectivity index (χ0n) is 10.1. The van der Waals surface area contributed by atoms with Gasteiger partial charge in [-0.1, -0.05) is 19.1 Å². The second-order valence-electron chi connectivity index (χ2n) is 5.11. The third kappa shape index (κ3) is 1.70. The summed E-state index contributed by atoms with van der Waals surface area (Å²) in [6, 6.07) is 8.19. The van der Waals surface area contributed by atoms with Crippen molar-refractivity contribution in [1.82, 2.24) is 4.90 Å². The molecule has 2 aliphatic rings. The van der Waals surface area contributed by atoms with Gasteiger partial charge in [0.2, 0.25) is 0 Å². The molecule has 0 saturated carbocycles. The van der Waals surface area contributed by atoms with Gasteiger partial charge in [-0.3, -0.25) is 4.79 Å². The van der Waals surface area contributed by atoms with Crippen molar-refractivity contribution in [2.75, 3.05) is 18.4 Å². The molecule has 0 aromatic heterocycles. The minimum atomic E-state index is 0.196. The van der Waals surface area contributed by atoms with E-state index in [0.29, 0.717) is 12.0 Å². The lowest BCUT2D eigenvalue weighted by Crippen LogP contribution is -2.49. The average molecular weight is 230 g/mol. The van der Waals surface area contributed by atoms with E-state index in [4.69, 9.17) is 0 Å². The van der Waals surface area contributed by atoms with Gasteiger partial charge in [0, 0.05) is 18.8 Å². The van der Waals surface area contributed by atoms with Gasteiger partial charge in [0.15, 0.2) is 0 Å². The Balaban J connectivity index is 2.00. The normalized spacial score (nSPS) is 27.8. The lowest BCUT2D eigenvalue weighted by molar-refractivity contribution is 0.0551. The first-order valence-electron chi connectivity index (χ1n) is 6.41. The summed E-state index contributed by atoms with van der Waals surface area (Å²) >= 11 is 0. The first-order valence-corrected chi connectivity index (χ1v) is 6.41. The number of hydrogen-bond donors (Lipinski definition) is 1. The number of nitrogens with zero attached hydrogens (tertiary/aromatic N) is 1. The first kappa shape index (κ1) is 10.6. The van der Waals surface area contributed by atoms with Crippen LogP contribution in [0.4, 0.5) is 5.69 Å². The molecule has 1 aromatic rings. The Bertz CT molecular complexity index is 444. The van der Waals surface area contributed by atoms with E-state index in [1.165, 1.54) is 6.42 Å². The van der Waals surface area contributed by atoms with Crippen LogP contribution in [-0.4, -0.2) is 29.9 Å². The Morgan fingerprint density at radius 2 is 2.18 bits per heavy atom. The first-order chi connectivity index (χ1) is 8.27. The SMILES string of the molecule is CC1CCCN2C(=O)c3ccccc3NCC12. The van der Waals surface area contributed by atoms with Crippen molar-refractivity contribution < 1.29 is 4.79 Å². The number of carbonyl (C=O) groups is 1. The van der Waals surface area contributed by atoms with Crippen molar-refractivity contribution in [3.63, 3.8) is 0 Å². The smallest absolute Gasteiger partial charge is 0.256 e. The Labute approximate surface area is 102 Å². The predicted molar refractivity (Wildman–Crippen MR) is 68.2 cm³/mol. The van der Waals surface area contributed by atoms with Crippen LogP contribution >= 0.6 is 0 Å². The quantitative estimate of drug-likeness (QED) is 0.742. The fourth-order valence-electron chi connectivity index (χ4n) is 3.01. The third-order valence-electron chi connectivity index (χ3n) is 4.04. The van der Waals surface area contributed by atoms with Crippen LogP contribution in [0.15, 0.2) is 24.3 Å². The largest absolute Gasteiger partial charge is 0.382 e. The van der Waals surface area contributed by atoms with Gasteiger partial charge in [0.05, 0.1) is 11.6 Å². The van der Waals surface area contributed by atoms with Gasteiger partial charge < -0.3 is 10.2 Å². The zero-order valence-corrected chi connectivity index (χ0v) is 10.1. The monoisotopic (exact) mass is 230 g/mol. The second kappa shape index (κ2) is 4.06. The number of amides is 1. The lowest BCUT2D eigenvalue weighted by atomic mass is 9.90. The number of benzene rings is 1. The van der Waals surface area contributed by atoms with Crippen LogP contribution in [0.2, 0.25) is 0 Å². The molecule has 3 nitrogen and oxygen atoms in total. The Morgan fingerprint density at radius 3 is 3.06 bits per heavy atom. The number of anilines is 1. The van der Waals surface area contributed by atoms with Gasteiger partial charge in [0.1, 0.15) is 0 Å². The van der Waals surface area contributed by atoms with E-state index in [9.17, 15) is 4.79 Å². The fourth-order valence-corrected chi connectivity index (χ4v) is 3.01. The van der Waals surface area contributed by atoms with Gasteiger partial charge in [-0.15, -0.1) is 0 Å². The van der Waals surface area contributed by atoms with Crippen molar-refractivity contribution in [3.05, 3.63) is 29.8 Å². The molecule has 1 amide bonds. The Hall–Kier alpha value is -1.51. The van der Waals surface area contributed by atoms with Crippen molar-refractivity contribution in [1.29, 1.82) is 0 Å². The minimum absolute atomic E-state index is 0.196. The molecule has 0 aliphatic carbocycles. The summed E-state index contributed by atoms with van der Waals surface area (Å²) in [5.41, 5.74) is 1.81. The van der Waals surface area contributed by atoms with Crippen LogP contribution in [0.25, 0.3) is 0 Å². The van der Waals surface area contributed by atoms with Crippen LogP contribution in [0.5, 0.6) is 0 Å². The zero-order chi connectivity index (χ0) is 11.8. The van der Waals surface area contributed by atoms with E-state index in [1.807, 2.05) is 24.3 Å². The summed E-state index contributed by atoms with van der Waals surface area (Å²) in [5, 5.41) is 3.42. The van der Waals surface area contributed by atoms with Gasteiger partial charge >= 0.3 is 0 Å². The number of fused-ring (bicyclic) bond motifs is 2. The van der Waals surface area contributed by atoms with E-state index >= 15 is 0 Å². The predicted octanol–water partition coefficient (Wildman–Crippen LogP) is 2.35. The number of piperidine rings is 1. The summed E-state index contributed by atoms with van der Waals surface area (Å²) in [4.78, 5) is 14.6. The molecule has 1 saturated heterocycles. The van der Waals surface area contributed by atoms with Crippen LogP contribution in [0, 0.1) is 5.92 Å². The van der Waals surface area contributed by atoms with E-state index < -0.39 is 0 Å². The summed E-state index contributed by atoms with van der Waals surface area (Å²) in [7, 11) is 0. The van der Waals surface area contributed by atoms with Crippen molar-refractivity contribution in [3.8, 4) is 0 Å². The maximum atomic E-state index is 12.5. The Kier molecular flexibility index (Phi) is 2.54. The molecular weight excluding hydrogens is 212 g/mol. The van der Waals surface area contributed by atoms with E-state index in [0.717, 1.165) is 30.8 Å². The van der Waals surface area contributed by atoms with Crippen LogP contribution < -0.4 is 5.32 Å². The highest BCUT2D eigenvalue weighted by molar-refractivity contribution is 6.00. The van der Waals surface area contributed by atoms with Gasteiger partial charge in [-0.2, -0.15) is 0 Å². The van der Waals surface area contributed by atoms with Crippen LogP contribution in [0.3, 0.4) is 0 Å². The van der Waals surface area contributed by atoms with Gasteiger partial charge in [0.25, 0.3) is 5.91 Å². The Morgan fingerprint density at radius 1 is 1.35 bits per heavy atom. The summed E-state index contributed by atoms with van der Waals surface area (Å²) < 4.78 is 0. The lowest BCUT2D eigenvalue weighted by Gasteiger charge is -2.38. The minimum Gasteiger partial charge on any atom is -0.382 e. The maximum absolute atomic E-state index is 12.5. The van der Waals surface area contributed by atoms with Crippen LogP contribution in [0.1, 0.15) is 30.1 Å². The molecule has 2 heterocycles. The van der Waals surface area contributed by atoms with Crippen molar-refractivity contribution >= 4 is 11.6 Å². The number of para-hydroxylation sites is 1. The number of nitrogens with one attached hydrogen (secondary N) is 1. The maximum Gasteiger partial charge on any atom is 0.256 e. The van der Waals surface area contributed by atoms with E-state index in [1.54, 1.807) is 0 Å². The summed E-state index contributed by atoms with van der Waals surface area (Å²) in [6.07, 6.45) is 2.36. The third-order valence-corrected chi connectivity index (χ3v) is 4.04. The fraction of sp³-hybridized carbons (Fsp3) is 0.500. The van der Waals surface area contributed by atoms with E-state index in [-0.39, 0.29) is 5.91 Å². The topological polar surface area (TPSA) is 32.3 Å². The molecule has 1 fully saturated rings. The molecule has 2 unspecified atom stereocenters. The molecular formula is C14H18N2O. The molecule has 0 bridgehead atoms. The van der Waals surface area contributed by atoms with Gasteiger partial charge in [-0.05, 0) is 30.9 Å². The van der Waals surface area contributed by atoms with Crippen molar-refractivity contribution in [2.24, 2.45) is 5.92 Å². The molecule has 1 aromatic carbocycles. The number of hydrogen-bond acceptors (Lipinski definition) is 2. The number of carbonyl (C=O) groups excluding carboxylic acids is 1. The highest BCUT2D eigenvalue weighted by Gasteiger charge is 2.34. The van der Waals surface area contributed by atoms with E-state index in [2.05, 4.69) is 17.1 Å². The molecule has 2 aliphatic heterocycles. The molecule has 0 spiro atoms. The highest BCUT2D eigenvalue weighted by atomic mass is 16.2. The molecule has 0 radical (unpaired) electrons. The standard InChI is InChI=1S/C14H18N2O/c1-10-5-4-8-16-13(10)9-15-12-7-3-2-6-11(12)14(16)17/h2-3,6-7,10,13,15H,4-5,8-9H2,1H3. The highest BCUT2D eigenvalue weighted by Crippen LogP contribution is 2.30. The molecule has 3 rings (SSSR count). The van der Waals surface area contributed by atoms with Crippen LogP contribution in [-0.2, 0) is 0 Å². The molecule has 1 N–H and O–H groups in total. The summed E-state index contributed by atoms with van der Waals surface area (Å²) in [5.74, 6) is 0.789. The van der Waals surface area contributed by atoms with Crippen molar-refractivity contribution in [2.45, 2.75) is 25.8 Å². The second-order valence-corrected chi connectivity index (χ2v) is 5.11. The molecule has 17 heavy (non-hydrogen) atoms. The molecule has 3 heteroatoms. The van der Waals surface area contributed by atoms with Gasteiger partial charge in [-0.25, -0.2) is 0 Å². The average Bonchev–Trinajstić information content (AvgIpc) is 2.50.